The molecule has 26 heavy (non-hydrogen) atoms. The SMILES string of the molecule is Cc1cc(NCCCCCNS(=O)(=O)C(C)(C)C)cc2ccc(=O)oc12. The number of hydrogen-bond donors (Lipinski definition) is 2. The molecule has 1 aromatic carbocycles. The molecule has 0 saturated carbocycles. The summed E-state index contributed by atoms with van der Waals surface area (Å²) in [6, 6.07) is 7.11. The maximum atomic E-state index is 11.9. The third-order valence-electron chi connectivity index (χ3n) is 4.19. The molecule has 144 valence electrons. The molecule has 6 nitrogen and oxygen atoms in total. The van der Waals surface area contributed by atoms with Crippen molar-refractivity contribution in [1.29, 1.82) is 0 Å². The van der Waals surface area contributed by atoms with E-state index in [2.05, 4.69) is 10.0 Å². The second-order valence-electron chi connectivity index (χ2n) is 7.46. The molecular weight excluding hydrogens is 352 g/mol. The fraction of sp³-hybridized carbons (Fsp3) is 0.526. The van der Waals surface area contributed by atoms with Crippen LogP contribution in [0.15, 0.2) is 33.5 Å². The van der Waals surface area contributed by atoms with E-state index in [0.29, 0.717) is 12.1 Å². The van der Waals surface area contributed by atoms with Gasteiger partial charge >= 0.3 is 5.63 Å². The average molecular weight is 381 g/mol. The van der Waals surface area contributed by atoms with Gasteiger partial charge in [-0.05, 0) is 64.3 Å². The number of benzene rings is 1. The lowest BCUT2D eigenvalue weighted by Gasteiger charge is -2.19. The van der Waals surface area contributed by atoms with E-state index in [4.69, 9.17) is 4.42 Å². The Hall–Kier alpha value is -1.86. The van der Waals surface area contributed by atoms with Crippen molar-refractivity contribution in [2.24, 2.45) is 0 Å². The number of hydrogen-bond acceptors (Lipinski definition) is 5. The van der Waals surface area contributed by atoms with E-state index in [1.165, 1.54) is 6.07 Å². The number of fused-ring (bicyclic) bond motifs is 1. The van der Waals surface area contributed by atoms with Crippen LogP contribution >= 0.6 is 0 Å². The molecule has 2 rings (SSSR count). The van der Waals surface area contributed by atoms with E-state index < -0.39 is 14.8 Å². The zero-order valence-corrected chi connectivity index (χ0v) is 16.7. The first-order valence-electron chi connectivity index (χ1n) is 8.88. The predicted octanol–water partition coefficient (Wildman–Crippen LogP) is 3.40. The van der Waals surface area contributed by atoms with E-state index in [9.17, 15) is 13.2 Å². The fourth-order valence-corrected chi connectivity index (χ4v) is 3.39. The first-order valence-corrected chi connectivity index (χ1v) is 10.4. The van der Waals surface area contributed by atoms with Gasteiger partial charge in [-0.15, -0.1) is 0 Å². The number of rotatable bonds is 8. The number of unbranched alkanes of at least 4 members (excludes halogenated alkanes) is 2. The Morgan fingerprint density at radius 3 is 2.42 bits per heavy atom. The molecule has 0 spiro atoms. The summed E-state index contributed by atoms with van der Waals surface area (Å²) in [6.45, 7) is 8.25. The normalized spacial score (nSPS) is 12.5. The van der Waals surface area contributed by atoms with E-state index in [1.54, 1.807) is 26.8 Å². The van der Waals surface area contributed by atoms with Crippen LogP contribution in [0.5, 0.6) is 0 Å². The molecule has 1 aromatic heterocycles. The molecule has 2 aromatic rings. The zero-order chi connectivity index (χ0) is 19.4. The molecular formula is C19H28N2O4S. The van der Waals surface area contributed by atoms with Gasteiger partial charge < -0.3 is 9.73 Å². The van der Waals surface area contributed by atoms with E-state index >= 15 is 0 Å². The Morgan fingerprint density at radius 1 is 1.04 bits per heavy atom. The summed E-state index contributed by atoms with van der Waals surface area (Å²) in [5.74, 6) is 0. The molecule has 0 aliphatic rings. The molecule has 0 amide bonds. The highest BCUT2D eigenvalue weighted by Gasteiger charge is 2.27. The van der Waals surface area contributed by atoms with Crippen LogP contribution in [0.4, 0.5) is 5.69 Å². The summed E-state index contributed by atoms with van der Waals surface area (Å²) < 4.78 is 31.0. The Morgan fingerprint density at radius 2 is 1.73 bits per heavy atom. The lowest BCUT2D eigenvalue weighted by Crippen LogP contribution is -2.39. The minimum Gasteiger partial charge on any atom is -0.422 e. The van der Waals surface area contributed by atoms with Gasteiger partial charge in [0, 0.05) is 30.2 Å². The van der Waals surface area contributed by atoms with Crippen LogP contribution in [0.2, 0.25) is 0 Å². The average Bonchev–Trinajstić information content (AvgIpc) is 2.53. The number of aryl methyl sites for hydroxylation is 1. The van der Waals surface area contributed by atoms with Crippen molar-refractivity contribution in [3.05, 3.63) is 40.2 Å². The minimum atomic E-state index is -3.26. The molecule has 0 aliphatic heterocycles. The predicted molar refractivity (Wildman–Crippen MR) is 106 cm³/mol. The Kier molecular flexibility index (Phi) is 6.47. The summed E-state index contributed by atoms with van der Waals surface area (Å²) in [5.41, 5.74) is 2.18. The van der Waals surface area contributed by atoms with Gasteiger partial charge in [0.2, 0.25) is 10.0 Å². The summed E-state index contributed by atoms with van der Waals surface area (Å²) in [6.07, 6.45) is 2.68. The van der Waals surface area contributed by atoms with Gasteiger partial charge in [-0.1, -0.05) is 6.42 Å². The van der Waals surface area contributed by atoms with Gasteiger partial charge in [0.15, 0.2) is 0 Å². The Balaban J connectivity index is 1.76. The van der Waals surface area contributed by atoms with Crippen LogP contribution in [0.25, 0.3) is 11.0 Å². The van der Waals surface area contributed by atoms with Crippen molar-refractivity contribution in [2.75, 3.05) is 18.4 Å². The zero-order valence-electron chi connectivity index (χ0n) is 15.9. The van der Waals surface area contributed by atoms with Crippen LogP contribution < -0.4 is 15.7 Å². The van der Waals surface area contributed by atoms with Crippen LogP contribution in [-0.2, 0) is 10.0 Å². The summed E-state index contributed by atoms with van der Waals surface area (Å²) in [4.78, 5) is 11.3. The van der Waals surface area contributed by atoms with Crippen LogP contribution in [0, 0.1) is 6.92 Å². The first-order chi connectivity index (χ1) is 12.1. The highest BCUT2D eigenvalue weighted by molar-refractivity contribution is 7.90. The third-order valence-corrected chi connectivity index (χ3v) is 6.38. The summed E-state index contributed by atoms with van der Waals surface area (Å²) in [5, 5.41) is 4.26. The highest BCUT2D eigenvalue weighted by atomic mass is 32.2. The second-order valence-corrected chi connectivity index (χ2v) is 9.98. The Bertz CT molecular complexity index is 911. The molecule has 0 atom stereocenters. The molecule has 0 bridgehead atoms. The van der Waals surface area contributed by atoms with Crippen molar-refractivity contribution < 1.29 is 12.8 Å². The molecule has 2 N–H and O–H groups in total. The summed E-state index contributed by atoms with van der Waals surface area (Å²) >= 11 is 0. The van der Waals surface area contributed by atoms with Crippen LogP contribution in [-0.4, -0.2) is 26.3 Å². The summed E-state index contributed by atoms with van der Waals surface area (Å²) in [7, 11) is -3.26. The molecule has 0 fully saturated rings. The van der Waals surface area contributed by atoms with Crippen molar-refractivity contribution in [2.45, 2.75) is 51.7 Å². The smallest absolute Gasteiger partial charge is 0.336 e. The number of nitrogens with one attached hydrogen (secondary N) is 2. The van der Waals surface area contributed by atoms with Gasteiger partial charge in [0.05, 0.1) is 4.75 Å². The molecule has 0 aliphatic carbocycles. The monoisotopic (exact) mass is 380 g/mol. The first kappa shape index (κ1) is 20.5. The maximum absolute atomic E-state index is 11.9. The highest BCUT2D eigenvalue weighted by Crippen LogP contribution is 2.22. The minimum absolute atomic E-state index is 0.344. The quantitative estimate of drug-likeness (QED) is 0.541. The van der Waals surface area contributed by atoms with Gasteiger partial charge in [0.1, 0.15) is 5.58 Å². The second kappa shape index (κ2) is 8.22. The van der Waals surface area contributed by atoms with E-state index in [-0.39, 0.29) is 5.63 Å². The third kappa shape index (κ3) is 5.32. The fourth-order valence-electron chi connectivity index (χ4n) is 2.54. The largest absolute Gasteiger partial charge is 0.422 e. The molecule has 0 radical (unpaired) electrons. The van der Waals surface area contributed by atoms with E-state index in [0.717, 1.165) is 42.4 Å². The molecule has 0 unspecified atom stereocenters. The van der Waals surface area contributed by atoms with E-state index in [1.807, 2.05) is 19.1 Å². The standard InChI is InChI=1S/C19H28N2O4S/c1-14-12-16(13-15-8-9-17(22)25-18(14)15)20-10-6-5-7-11-21-26(23,24)19(2,3)4/h8-9,12-13,20-21H,5-7,10-11H2,1-4H3. The van der Waals surface area contributed by atoms with Gasteiger partial charge in [-0.2, -0.15) is 0 Å². The number of sulfonamides is 1. The van der Waals surface area contributed by atoms with Crippen molar-refractivity contribution >= 4 is 26.7 Å². The lowest BCUT2D eigenvalue weighted by molar-refractivity contribution is 0.540. The van der Waals surface area contributed by atoms with Crippen LogP contribution in [0.1, 0.15) is 45.6 Å². The van der Waals surface area contributed by atoms with Crippen molar-refractivity contribution in [1.82, 2.24) is 4.72 Å². The van der Waals surface area contributed by atoms with Gasteiger partial charge in [-0.25, -0.2) is 17.9 Å². The number of anilines is 1. The molecule has 7 heteroatoms. The van der Waals surface area contributed by atoms with Crippen molar-refractivity contribution in [3.63, 3.8) is 0 Å². The molecule has 1 heterocycles. The topological polar surface area (TPSA) is 88.4 Å². The van der Waals surface area contributed by atoms with Crippen molar-refractivity contribution in [3.8, 4) is 0 Å². The van der Waals surface area contributed by atoms with Crippen LogP contribution in [0.3, 0.4) is 0 Å². The lowest BCUT2D eigenvalue weighted by atomic mass is 10.1. The molecule has 0 saturated heterocycles. The van der Waals surface area contributed by atoms with Gasteiger partial charge in [0.25, 0.3) is 0 Å². The Labute approximate surface area is 155 Å². The maximum Gasteiger partial charge on any atom is 0.336 e. The van der Waals surface area contributed by atoms with Gasteiger partial charge in [-0.3, -0.25) is 0 Å².